The minimum Gasteiger partial charge on any atom is -0.374 e. The lowest BCUT2D eigenvalue weighted by Gasteiger charge is -2.28. The molecule has 2 aromatic heterocycles. The quantitative estimate of drug-likeness (QED) is 0.470. The molecule has 1 aromatic carbocycles. The van der Waals surface area contributed by atoms with Gasteiger partial charge in [-0.25, -0.2) is 4.98 Å². The van der Waals surface area contributed by atoms with Gasteiger partial charge in [0.25, 0.3) is 0 Å². The van der Waals surface area contributed by atoms with Crippen molar-refractivity contribution in [2.75, 3.05) is 30.4 Å². The van der Waals surface area contributed by atoms with Gasteiger partial charge >= 0.3 is 6.18 Å². The monoisotopic (exact) mass is 473 g/mol. The van der Waals surface area contributed by atoms with E-state index in [1.54, 1.807) is 12.3 Å². The van der Waals surface area contributed by atoms with Crippen LogP contribution >= 0.6 is 0 Å². The van der Waals surface area contributed by atoms with Crippen molar-refractivity contribution < 1.29 is 17.9 Å². The summed E-state index contributed by atoms with van der Waals surface area (Å²) < 4.78 is 45.9. The Kier molecular flexibility index (Phi) is 5.78. The van der Waals surface area contributed by atoms with Crippen molar-refractivity contribution >= 4 is 22.4 Å². The number of nitrogens with one attached hydrogen (secondary N) is 2. The third-order valence-electron chi connectivity index (χ3n) is 6.57. The van der Waals surface area contributed by atoms with E-state index < -0.39 is 17.9 Å². The van der Waals surface area contributed by atoms with Crippen LogP contribution in [0.15, 0.2) is 30.5 Å². The Morgan fingerprint density at radius 2 is 2.09 bits per heavy atom. The van der Waals surface area contributed by atoms with Crippen LogP contribution in [0.5, 0.6) is 0 Å². The highest BCUT2D eigenvalue weighted by Crippen LogP contribution is 2.36. The molecule has 0 aliphatic carbocycles. The van der Waals surface area contributed by atoms with Crippen molar-refractivity contribution in [3.8, 4) is 0 Å². The van der Waals surface area contributed by atoms with E-state index in [2.05, 4.69) is 30.7 Å². The number of benzene rings is 1. The number of aromatic nitrogens is 3. The molecule has 0 saturated carbocycles. The van der Waals surface area contributed by atoms with Gasteiger partial charge in [0.1, 0.15) is 12.0 Å². The fourth-order valence-electron chi connectivity index (χ4n) is 4.85. The number of ether oxygens (including phenoxy) is 1. The Balaban J connectivity index is 1.52. The van der Waals surface area contributed by atoms with Crippen molar-refractivity contribution in [1.82, 2.24) is 20.5 Å². The van der Waals surface area contributed by atoms with Crippen LogP contribution in [0.2, 0.25) is 0 Å². The van der Waals surface area contributed by atoms with Gasteiger partial charge in [0, 0.05) is 30.1 Å². The van der Waals surface area contributed by atoms with E-state index in [0.29, 0.717) is 24.5 Å². The Bertz CT molecular complexity index is 1220. The van der Waals surface area contributed by atoms with Gasteiger partial charge < -0.3 is 26.0 Å². The first-order chi connectivity index (χ1) is 16.3. The summed E-state index contributed by atoms with van der Waals surface area (Å²) in [5, 5.41) is 16.4. The molecule has 3 aromatic rings. The van der Waals surface area contributed by atoms with Crippen molar-refractivity contribution in [1.29, 1.82) is 0 Å². The molecule has 0 radical (unpaired) electrons. The second-order valence-electron chi connectivity index (χ2n) is 8.75. The van der Waals surface area contributed by atoms with E-state index in [0.717, 1.165) is 41.3 Å². The summed E-state index contributed by atoms with van der Waals surface area (Å²) in [6.07, 6.45) is -2.41. The van der Waals surface area contributed by atoms with Crippen LogP contribution < -0.4 is 21.3 Å². The highest BCUT2D eigenvalue weighted by molar-refractivity contribution is 5.94. The van der Waals surface area contributed by atoms with Gasteiger partial charge in [0.2, 0.25) is 0 Å². The minimum atomic E-state index is -4.46. The van der Waals surface area contributed by atoms with Crippen LogP contribution in [0, 0.1) is 6.92 Å². The van der Waals surface area contributed by atoms with E-state index in [4.69, 9.17) is 10.5 Å². The molecule has 2 aliphatic heterocycles. The van der Waals surface area contributed by atoms with Gasteiger partial charge in [0.05, 0.1) is 30.0 Å². The standard InChI is InChI=1S/C23H26F3N7O/c1-12-15(4-3-5-18(12)23(24,25)26)21(27)30-22-16-7-20(33-10-14-6-13(33)11-34-14)29-8-17(16)19(9-28-2)31-32-22/h3-5,7-8,13-14,21,28H,6,9-11,27H2,1-2H3,(H,30,32)/t13-,14-,21+/m1/s1. The number of anilines is 2. The second kappa shape index (κ2) is 8.64. The number of halogens is 3. The lowest BCUT2D eigenvalue weighted by atomic mass is 10.00. The maximum absolute atomic E-state index is 13.4. The molecule has 0 spiro atoms. The van der Waals surface area contributed by atoms with Gasteiger partial charge in [-0.1, -0.05) is 12.1 Å². The Hall–Kier alpha value is -3.02. The molecular weight excluding hydrogens is 447 g/mol. The van der Waals surface area contributed by atoms with E-state index >= 15 is 0 Å². The van der Waals surface area contributed by atoms with Gasteiger partial charge in [-0.3, -0.25) is 0 Å². The highest BCUT2D eigenvalue weighted by Gasteiger charge is 2.39. The normalized spacial score (nSPS) is 20.8. The van der Waals surface area contributed by atoms with Gasteiger partial charge in [-0.15, -0.1) is 5.10 Å². The Morgan fingerprint density at radius 1 is 1.26 bits per heavy atom. The molecule has 11 heteroatoms. The molecule has 8 nitrogen and oxygen atoms in total. The van der Waals surface area contributed by atoms with Gasteiger partial charge in [-0.2, -0.15) is 18.3 Å². The number of rotatable bonds is 6. The summed E-state index contributed by atoms with van der Waals surface area (Å²) >= 11 is 0. The molecule has 2 aliphatic rings. The molecular formula is C23H26F3N7O. The Morgan fingerprint density at radius 3 is 2.76 bits per heavy atom. The molecule has 180 valence electrons. The van der Waals surface area contributed by atoms with Crippen LogP contribution in [-0.4, -0.2) is 47.5 Å². The maximum Gasteiger partial charge on any atom is 0.416 e. The van der Waals surface area contributed by atoms with E-state index in [-0.39, 0.29) is 17.7 Å². The number of alkyl halides is 3. The molecule has 2 saturated heterocycles. The number of hydrogen-bond donors (Lipinski definition) is 3. The zero-order chi connectivity index (χ0) is 24.0. The lowest BCUT2D eigenvalue weighted by molar-refractivity contribution is -0.138. The number of pyridine rings is 1. The lowest BCUT2D eigenvalue weighted by Crippen LogP contribution is -2.37. The first-order valence-corrected chi connectivity index (χ1v) is 11.1. The molecule has 2 fully saturated rings. The first-order valence-electron chi connectivity index (χ1n) is 11.1. The molecule has 0 unspecified atom stereocenters. The summed E-state index contributed by atoms with van der Waals surface area (Å²) in [6, 6.07) is 6.23. The molecule has 0 amide bonds. The van der Waals surface area contributed by atoms with Crippen molar-refractivity contribution in [2.45, 2.75) is 44.4 Å². The fraction of sp³-hybridized carbons (Fsp3) is 0.435. The van der Waals surface area contributed by atoms with E-state index in [9.17, 15) is 13.2 Å². The summed E-state index contributed by atoms with van der Waals surface area (Å²) in [4.78, 5) is 6.90. The third kappa shape index (κ3) is 4.04. The molecule has 2 bridgehead atoms. The number of morpholine rings is 1. The van der Waals surface area contributed by atoms with Crippen molar-refractivity contribution in [3.05, 3.63) is 52.8 Å². The molecule has 5 rings (SSSR count). The van der Waals surface area contributed by atoms with E-state index in [1.807, 2.05) is 13.1 Å². The summed E-state index contributed by atoms with van der Waals surface area (Å²) in [6.45, 7) is 3.36. The molecule has 4 heterocycles. The van der Waals surface area contributed by atoms with Crippen LogP contribution in [0.4, 0.5) is 24.8 Å². The van der Waals surface area contributed by atoms with Gasteiger partial charge in [-0.05, 0) is 43.7 Å². The summed E-state index contributed by atoms with van der Waals surface area (Å²) in [5.41, 5.74) is 6.77. The van der Waals surface area contributed by atoms with Crippen molar-refractivity contribution in [2.24, 2.45) is 5.73 Å². The molecule has 3 atom stereocenters. The first kappa shape index (κ1) is 22.8. The van der Waals surface area contributed by atoms with Crippen LogP contribution in [0.3, 0.4) is 0 Å². The topological polar surface area (TPSA) is 101 Å². The molecule has 34 heavy (non-hydrogen) atoms. The predicted molar refractivity (Wildman–Crippen MR) is 122 cm³/mol. The number of hydrogen-bond acceptors (Lipinski definition) is 8. The Labute approximate surface area is 194 Å². The second-order valence-corrected chi connectivity index (χ2v) is 8.75. The smallest absolute Gasteiger partial charge is 0.374 e. The summed E-state index contributed by atoms with van der Waals surface area (Å²) in [7, 11) is 1.81. The largest absolute Gasteiger partial charge is 0.416 e. The average molecular weight is 474 g/mol. The number of fused-ring (bicyclic) bond motifs is 3. The van der Waals surface area contributed by atoms with Crippen LogP contribution in [0.25, 0.3) is 10.8 Å². The zero-order valence-electron chi connectivity index (χ0n) is 18.9. The zero-order valence-corrected chi connectivity index (χ0v) is 18.9. The predicted octanol–water partition coefficient (Wildman–Crippen LogP) is 3.12. The fourth-order valence-corrected chi connectivity index (χ4v) is 4.85. The number of nitrogens with zero attached hydrogens (tertiary/aromatic N) is 4. The highest BCUT2D eigenvalue weighted by atomic mass is 19.4. The summed E-state index contributed by atoms with van der Waals surface area (Å²) in [5.74, 6) is 1.20. The number of nitrogens with two attached hydrogens (primary N) is 1. The SMILES string of the molecule is CNCc1nnc(N[C@H](N)c2cccc(C(F)(F)F)c2C)c2cc(N3C[C@H]4C[C@@H]3CO4)ncc12. The van der Waals surface area contributed by atoms with E-state index in [1.165, 1.54) is 13.0 Å². The van der Waals surface area contributed by atoms with Gasteiger partial charge in [0.15, 0.2) is 5.82 Å². The van der Waals surface area contributed by atoms with Crippen molar-refractivity contribution in [3.63, 3.8) is 0 Å². The maximum atomic E-state index is 13.4. The van der Waals surface area contributed by atoms with Crippen LogP contribution in [0.1, 0.15) is 35.0 Å². The molecule has 4 N–H and O–H groups in total. The minimum absolute atomic E-state index is 0.0783. The average Bonchev–Trinajstić information content (AvgIpc) is 3.43. The van der Waals surface area contributed by atoms with Crippen LogP contribution in [-0.2, 0) is 17.5 Å². The third-order valence-corrected chi connectivity index (χ3v) is 6.57.